The maximum atomic E-state index is 13.2. The Kier molecular flexibility index (Phi) is 2.86. The van der Waals surface area contributed by atoms with Crippen molar-refractivity contribution in [2.24, 2.45) is 0 Å². The molecule has 1 N–H and O–H groups in total. The second-order valence-electron chi connectivity index (χ2n) is 3.77. The Morgan fingerprint density at radius 2 is 2.07 bits per heavy atom. The molecule has 0 amide bonds. The average molecular weight is 213 g/mol. The summed E-state index contributed by atoms with van der Waals surface area (Å²) >= 11 is 0. The SMILES string of the molecule is CNC1CC(Oc2ccc(F)cc2F)C1. The summed E-state index contributed by atoms with van der Waals surface area (Å²) in [6.07, 6.45) is 1.78. The summed E-state index contributed by atoms with van der Waals surface area (Å²) in [6.45, 7) is 0. The van der Waals surface area contributed by atoms with E-state index < -0.39 is 11.6 Å². The average Bonchev–Trinajstić information content (AvgIpc) is 2.13. The van der Waals surface area contributed by atoms with Crippen LogP contribution in [0.5, 0.6) is 5.75 Å². The van der Waals surface area contributed by atoms with Crippen LogP contribution in [-0.2, 0) is 0 Å². The summed E-state index contributed by atoms with van der Waals surface area (Å²) in [7, 11) is 1.89. The molecule has 1 aromatic carbocycles. The Morgan fingerprint density at radius 3 is 2.67 bits per heavy atom. The van der Waals surface area contributed by atoms with Crippen LogP contribution in [0.4, 0.5) is 8.78 Å². The van der Waals surface area contributed by atoms with Gasteiger partial charge in [0.15, 0.2) is 11.6 Å². The Morgan fingerprint density at radius 1 is 1.33 bits per heavy atom. The second kappa shape index (κ2) is 4.14. The quantitative estimate of drug-likeness (QED) is 0.830. The molecule has 0 radical (unpaired) electrons. The van der Waals surface area contributed by atoms with Gasteiger partial charge in [-0.05, 0) is 32.0 Å². The van der Waals surface area contributed by atoms with Gasteiger partial charge < -0.3 is 10.1 Å². The highest BCUT2D eigenvalue weighted by Gasteiger charge is 2.30. The lowest BCUT2D eigenvalue weighted by Gasteiger charge is -2.35. The van der Waals surface area contributed by atoms with Gasteiger partial charge in [-0.15, -0.1) is 0 Å². The predicted molar refractivity (Wildman–Crippen MR) is 52.9 cm³/mol. The third kappa shape index (κ3) is 2.26. The van der Waals surface area contributed by atoms with Crippen LogP contribution in [-0.4, -0.2) is 19.2 Å². The first-order valence-electron chi connectivity index (χ1n) is 4.98. The van der Waals surface area contributed by atoms with Crippen LogP contribution in [0, 0.1) is 11.6 Å². The lowest BCUT2D eigenvalue weighted by molar-refractivity contribution is 0.0842. The van der Waals surface area contributed by atoms with Crippen molar-refractivity contribution in [3.05, 3.63) is 29.8 Å². The Bertz CT molecular complexity index is 350. The molecule has 0 saturated heterocycles. The summed E-state index contributed by atoms with van der Waals surface area (Å²) in [5.74, 6) is -1.08. The molecule has 82 valence electrons. The Labute approximate surface area is 87.2 Å². The van der Waals surface area contributed by atoms with Crippen LogP contribution in [0.25, 0.3) is 0 Å². The van der Waals surface area contributed by atoms with Crippen molar-refractivity contribution in [3.8, 4) is 5.75 Å². The fourth-order valence-electron chi connectivity index (χ4n) is 1.65. The van der Waals surface area contributed by atoms with Crippen molar-refractivity contribution < 1.29 is 13.5 Å². The van der Waals surface area contributed by atoms with E-state index in [0.29, 0.717) is 6.04 Å². The fourth-order valence-corrected chi connectivity index (χ4v) is 1.65. The maximum Gasteiger partial charge on any atom is 0.167 e. The zero-order valence-electron chi connectivity index (χ0n) is 8.47. The van der Waals surface area contributed by atoms with E-state index in [2.05, 4.69) is 5.32 Å². The van der Waals surface area contributed by atoms with E-state index in [1.165, 1.54) is 12.1 Å². The summed E-state index contributed by atoms with van der Waals surface area (Å²) < 4.78 is 31.1. The first-order valence-corrected chi connectivity index (χ1v) is 4.98. The Hall–Kier alpha value is -1.16. The largest absolute Gasteiger partial charge is 0.487 e. The van der Waals surface area contributed by atoms with Crippen LogP contribution >= 0.6 is 0 Å². The van der Waals surface area contributed by atoms with Crippen molar-refractivity contribution >= 4 is 0 Å². The van der Waals surface area contributed by atoms with Gasteiger partial charge in [0, 0.05) is 12.1 Å². The molecule has 0 aliphatic heterocycles. The third-order valence-corrected chi connectivity index (χ3v) is 2.69. The molecule has 1 aliphatic carbocycles. The summed E-state index contributed by atoms with van der Waals surface area (Å²) in [5.41, 5.74) is 0. The first kappa shape index (κ1) is 10.4. The van der Waals surface area contributed by atoms with E-state index in [4.69, 9.17) is 4.74 Å². The van der Waals surface area contributed by atoms with E-state index in [9.17, 15) is 8.78 Å². The molecule has 2 rings (SSSR count). The van der Waals surface area contributed by atoms with Gasteiger partial charge in [0.05, 0.1) is 0 Å². The van der Waals surface area contributed by atoms with Gasteiger partial charge in [0.1, 0.15) is 11.9 Å². The minimum Gasteiger partial charge on any atom is -0.487 e. The number of benzene rings is 1. The summed E-state index contributed by atoms with van der Waals surface area (Å²) in [4.78, 5) is 0. The minimum absolute atomic E-state index is 0.0439. The van der Waals surface area contributed by atoms with Gasteiger partial charge in [0.2, 0.25) is 0 Å². The molecule has 0 aromatic heterocycles. The molecular weight excluding hydrogens is 200 g/mol. The van der Waals surface area contributed by atoms with E-state index in [0.717, 1.165) is 18.9 Å². The first-order chi connectivity index (χ1) is 7.19. The monoisotopic (exact) mass is 213 g/mol. The molecule has 2 nitrogen and oxygen atoms in total. The number of nitrogens with one attached hydrogen (secondary N) is 1. The summed E-state index contributed by atoms with van der Waals surface area (Å²) in [5, 5.41) is 3.11. The fraction of sp³-hybridized carbons (Fsp3) is 0.455. The molecule has 15 heavy (non-hydrogen) atoms. The highest BCUT2D eigenvalue weighted by molar-refractivity contribution is 5.25. The van der Waals surface area contributed by atoms with Gasteiger partial charge in [-0.2, -0.15) is 0 Å². The van der Waals surface area contributed by atoms with Gasteiger partial charge in [-0.3, -0.25) is 0 Å². The molecule has 0 bridgehead atoms. The molecule has 0 unspecified atom stereocenters. The Balaban J connectivity index is 1.94. The van der Waals surface area contributed by atoms with E-state index in [-0.39, 0.29) is 11.9 Å². The maximum absolute atomic E-state index is 13.2. The third-order valence-electron chi connectivity index (χ3n) is 2.69. The standard InChI is InChI=1S/C11H13F2NO/c1-14-8-5-9(6-8)15-11-3-2-7(12)4-10(11)13/h2-4,8-9,14H,5-6H2,1H3. The van der Waals surface area contributed by atoms with Gasteiger partial charge in [-0.1, -0.05) is 0 Å². The lowest BCUT2D eigenvalue weighted by atomic mass is 9.89. The molecule has 1 fully saturated rings. The normalized spacial score (nSPS) is 24.7. The molecule has 1 aliphatic rings. The second-order valence-corrected chi connectivity index (χ2v) is 3.77. The molecule has 0 heterocycles. The van der Waals surface area contributed by atoms with E-state index in [1.807, 2.05) is 7.05 Å². The summed E-state index contributed by atoms with van der Waals surface area (Å²) in [6, 6.07) is 3.83. The van der Waals surface area contributed by atoms with E-state index in [1.54, 1.807) is 0 Å². The van der Waals surface area contributed by atoms with Crippen LogP contribution in [0.15, 0.2) is 18.2 Å². The van der Waals surface area contributed by atoms with Gasteiger partial charge >= 0.3 is 0 Å². The number of halogens is 2. The minimum atomic E-state index is -0.636. The van der Waals surface area contributed by atoms with Crippen molar-refractivity contribution in [3.63, 3.8) is 0 Å². The van der Waals surface area contributed by atoms with Crippen molar-refractivity contribution in [1.29, 1.82) is 0 Å². The topological polar surface area (TPSA) is 21.3 Å². The number of ether oxygens (including phenoxy) is 1. The lowest BCUT2D eigenvalue weighted by Crippen LogP contribution is -2.45. The van der Waals surface area contributed by atoms with Crippen molar-refractivity contribution in [1.82, 2.24) is 5.32 Å². The highest BCUT2D eigenvalue weighted by Crippen LogP contribution is 2.27. The molecule has 1 saturated carbocycles. The zero-order valence-corrected chi connectivity index (χ0v) is 8.47. The van der Waals surface area contributed by atoms with Gasteiger partial charge in [-0.25, -0.2) is 8.78 Å². The van der Waals surface area contributed by atoms with Crippen LogP contribution in [0.3, 0.4) is 0 Å². The van der Waals surface area contributed by atoms with Gasteiger partial charge in [0.25, 0.3) is 0 Å². The molecule has 1 aromatic rings. The smallest absolute Gasteiger partial charge is 0.167 e. The predicted octanol–water partition coefficient (Wildman–Crippen LogP) is 2.09. The molecular formula is C11H13F2NO. The van der Waals surface area contributed by atoms with Crippen molar-refractivity contribution in [2.45, 2.75) is 25.0 Å². The van der Waals surface area contributed by atoms with Crippen molar-refractivity contribution in [2.75, 3.05) is 7.05 Å². The molecule has 0 spiro atoms. The van der Waals surface area contributed by atoms with E-state index >= 15 is 0 Å². The zero-order chi connectivity index (χ0) is 10.8. The van der Waals surface area contributed by atoms with Crippen LogP contribution < -0.4 is 10.1 Å². The highest BCUT2D eigenvalue weighted by atomic mass is 19.1. The number of hydrogen-bond donors (Lipinski definition) is 1. The van der Waals surface area contributed by atoms with Crippen LogP contribution in [0.1, 0.15) is 12.8 Å². The number of hydrogen-bond acceptors (Lipinski definition) is 2. The van der Waals surface area contributed by atoms with Crippen LogP contribution in [0.2, 0.25) is 0 Å². The number of rotatable bonds is 3. The molecule has 4 heteroatoms. The molecule has 0 atom stereocenters.